The number of non-ortho nitro benzene ring substituents is 1. The summed E-state index contributed by atoms with van der Waals surface area (Å²) in [6, 6.07) is 13.2. The first-order chi connectivity index (χ1) is 12.3. The first kappa shape index (κ1) is 18.3. The number of aryl methyl sites for hydroxylation is 1. The molecule has 2 aromatic rings. The zero-order chi connectivity index (χ0) is 18.9. The van der Waals surface area contributed by atoms with Gasteiger partial charge in [-0.25, -0.2) is 8.42 Å². The average Bonchev–Trinajstić information content (AvgIpc) is 2.61. The van der Waals surface area contributed by atoms with Gasteiger partial charge in [-0.3, -0.25) is 10.1 Å². The van der Waals surface area contributed by atoms with Crippen LogP contribution in [0.2, 0.25) is 0 Å². The van der Waals surface area contributed by atoms with Crippen molar-refractivity contribution < 1.29 is 13.3 Å². The first-order valence-corrected chi connectivity index (χ1v) is 9.81. The van der Waals surface area contributed by atoms with Crippen molar-refractivity contribution in [2.75, 3.05) is 24.5 Å². The Kier molecular flexibility index (Phi) is 4.97. The number of anilines is 1. The summed E-state index contributed by atoms with van der Waals surface area (Å²) in [5.74, 6) is 0. The number of hydrogen-bond acceptors (Lipinski definition) is 5. The van der Waals surface area contributed by atoms with Gasteiger partial charge in [0.05, 0.1) is 9.82 Å². The normalized spacial score (nSPS) is 18.7. The van der Waals surface area contributed by atoms with Crippen molar-refractivity contribution in [3.63, 3.8) is 0 Å². The Morgan fingerprint density at radius 2 is 1.81 bits per heavy atom. The van der Waals surface area contributed by atoms with Crippen molar-refractivity contribution in [2.45, 2.75) is 24.8 Å². The van der Waals surface area contributed by atoms with Crippen molar-refractivity contribution in [3.8, 4) is 0 Å². The van der Waals surface area contributed by atoms with Crippen LogP contribution in [0.5, 0.6) is 0 Å². The van der Waals surface area contributed by atoms with Gasteiger partial charge in [0.2, 0.25) is 10.0 Å². The minimum absolute atomic E-state index is 0.0263. The summed E-state index contributed by atoms with van der Waals surface area (Å²) in [6.07, 6.45) is 0. The van der Waals surface area contributed by atoms with E-state index in [-0.39, 0.29) is 16.6 Å². The number of nitro groups is 1. The van der Waals surface area contributed by atoms with E-state index < -0.39 is 14.9 Å². The second-order valence-electron chi connectivity index (χ2n) is 6.50. The van der Waals surface area contributed by atoms with E-state index in [0.29, 0.717) is 19.6 Å². The molecule has 0 bridgehead atoms. The lowest BCUT2D eigenvalue weighted by molar-refractivity contribution is -0.384. The van der Waals surface area contributed by atoms with Crippen LogP contribution in [-0.2, 0) is 10.0 Å². The van der Waals surface area contributed by atoms with Crippen LogP contribution in [0.1, 0.15) is 12.5 Å². The van der Waals surface area contributed by atoms with Crippen LogP contribution in [0.15, 0.2) is 53.4 Å². The third kappa shape index (κ3) is 3.56. The maximum Gasteiger partial charge on any atom is 0.269 e. The second-order valence-corrected chi connectivity index (χ2v) is 8.43. The highest BCUT2D eigenvalue weighted by atomic mass is 32.2. The molecule has 0 aliphatic carbocycles. The molecule has 0 saturated carbocycles. The molecule has 1 heterocycles. The fourth-order valence-electron chi connectivity index (χ4n) is 3.22. The summed E-state index contributed by atoms with van der Waals surface area (Å²) in [6.45, 7) is 5.37. The SMILES string of the molecule is Cc1cccc(N2CCN(S(=O)(=O)c3ccc([N+](=O)[O-])cc3)CC2C)c1. The zero-order valence-electron chi connectivity index (χ0n) is 14.7. The highest BCUT2D eigenvalue weighted by molar-refractivity contribution is 7.89. The molecule has 0 amide bonds. The molecule has 2 aromatic carbocycles. The van der Waals surface area contributed by atoms with E-state index in [1.54, 1.807) is 0 Å². The molecular weight excluding hydrogens is 354 g/mol. The van der Waals surface area contributed by atoms with E-state index in [4.69, 9.17) is 0 Å². The monoisotopic (exact) mass is 375 g/mol. The fourth-order valence-corrected chi connectivity index (χ4v) is 4.73. The van der Waals surface area contributed by atoms with Crippen molar-refractivity contribution in [1.29, 1.82) is 0 Å². The minimum atomic E-state index is -3.67. The number of nitro benzene ring substituents is 1. The largest absolute Gasteiger partial charge is 0.366 e. The molecule has 1 aliphatic heterocycles. The van der Waals surface area contributed by atoms with E-state index in [1.807, 2.05) is 32.0 Å². The third-order valence-corrected chi connectivity index (χ3v) is 6.49. The lowest BCUT2D eigenvalue weighted by Crippen LogP contribution is -2.53. The Labute approximate surface area is 153 Å². The van der Waals surface area contributed by atoms with Gasteiger partial charge in [0, 0.05) is 43.5 Å². The molecule has 0 radical (unpaired) electrons. The summed E-state index contributed by atoms with van der Waals surface area (Å²) < 4.78 is 27.1. The number of hydrogen-bond donors (Lipinski definition) is 0. The molecule has 26 heavy (non-hydrogen) atoms. The molecule has 0 aromatic heterocycles. The van der Waals surface area contributed by atoms with Gasteiger partial charge in [0.25, 0.3) is 5.69 Å². The van der Waals surface area contributed by atoms with E-state index in [2.05, 4.69) is 11.0 Å². The molecule has 8 heteroatoms. The Bertz CT molecular complexity index is 912. The third-order valence-electron chi connectivity index (χ3n) is 4.61. The molecule has 138 valence electrons. The van der Waals surface area contributed by atoms with Gasteiger partial charge in [0.1, 0.15) is 0 Å². The maximum atomic E-state index is 12.8. The molecule has 1 aliphatic rings. The minimum Gasteiger partial charge on any atom is -0.366 e. The topological polar surface area (TPSA) is 83.8 Å². The number of sulfonamides is 1. The Morgan fingerprint density at radius 1 is 1.12 bits per heavy atom. The Hall–Kier alpha value is -2.45. The smallest absolute Gasteiger partial charge is 0.269 e. The lowest BCUT2D eigenvalue weighted by atomic mass is 10.1. The van der Waals surface area contributed by atoms with Crippen molar-refractivity contribution >= 4 is 21.4 Å². The van der Waals surface area contributed by atoms with Gasteiger partial charge in [0.15, 0.2) is 0 Å². The van der Waals surface area contributed by atoms with Crippen LogP contribution in [0.4, 0.5) is 11.4 Å². The van der Waals surface area contributed by atoms with Crippen LogP contribution in [0, 0.1) is 17.0 Å². The van der Waals surface area contributed by atoms with Crippen LogP contribution < -0.4 is 4.90 Å². The number of rotatable bonds is 4. The van der Waals surface area contributed by atoms with Crippen molar-refractivity contribution in [2.24, 2.45) is 0 Å². The van der Waals surface area contributed by atoms with E-state index in [1.165, 1.54) is 28.6 Å². The van der Waals surface area contributed by atoms with Gasteiger partial charge in [-0.05, 0) is 43.7 Å². The maximum absolute atomic E-state index is 12.8. The first-order valence-electron chi connectivity index (χ1n) is 8.37. The molecule has 0 spiro atoms. The Morgan fingerprint density at radius 3 is 2.38 bits per heavy atom. The van der Waals surface area contributed by atoms with E-state index in [0.717, 1.165) is 11.3 Å². The standard InChI is InChI=1S/C18H21N3O4S/c1-14-4-3-5-17(12-14)20-11-10-19(13-15(20)2)26(24,25)18-8-6-16(7-9-18)21(22)23/h3-9,12,15H,10-11,13H2,1-2H3. The summed E-state index contributed by atoms with van der Waals surface area (Å²) in [5, 5.41) is 10.7. The summed E-state index contributed by atoms with van der Waals surface area (Å²) in [4.78, 5) is 12.5. The second kappa shape index (κ2) is 7.05. The predicted molar refractivity (Wildman–Crippen MR) is 99.8 cm³/mol. The fraction of sp³-hybridized carbons (Fsp3) is 0.333. The molecule has 3 rings (SSSR count). The Balaban J connectivity index is 1.78. The molecule has 1 fully saturated rings. The molecule has 1 saturated heterocycles. The van der Waals surface area contributed by atoms with Crippen molar-refractivity contribution in [3.05, 3.63) is 64.2 Å². The van der Waals surface area contributed by atoms with Crippen LogP contribution in [-0.4, -0.2) is 43.3 Å². The molecule has 1 unspecified atom stereocenters. The predicted octanol–water partition coefficient (Wildman–Crippen LogP) is 2.80. The van der Waals surface area contributed by atoms with Gasteiger partial charge < -0.3 is 4.90 Å². The quantitative estimate of drug-likeness (QED) is 0.606. The van der Waals surface area contributed by atoms with Crippen molar-refractivity contribution in [1.82, 2.24) is 4.31 Å². The van der Waals surface area contributed by atoms with E-state index in [9.17, 15) is 18.5 Å². The molecule has 7 nitrogen and oxygen atoms in total. The van der Waals surface area contributed by atoms with Crippen LogP contribution >= 0.6 is 0 Å². The molecule has 1 atom stereocenters. The summed E-state index contributed by atoms with van der Waals surface area (Å²) in [5.41, 5.74) is 2.13. The number of benzene rings is 2. The molecular formula is C18H21N3O4S. The average molecular weight is 375 g/mol. The number of nitrogens with zero attached hydrogens (tertiary/aromatic N) is 3. The summed E-state index contributed by atoms with van der Waals surface area (Å²) in [7, 11) is -3.67. The lowest BCUT2D eigenvalue weighted by Gasteiger charge is -2.40. The van der Waals surface area contributed by atoms with Gasteiger partial charge in [-0.1, -0.05) is 12.1 Å². The van der Waals surface area contributed by atoms with Crippen LogP contribution in [0.25, 0.3) is 0 Å². The van der Waals surface area contributed by atoms with Gasteiger partial charge >= 0.3 is 0 Å². The van der Waals surface area contributed by atoms with Gasteiger partial charge in [-0.15, -0.1) is 0 Å². The highest BCUT2D eigenvalue weighted by Gasteiger charge is 2.32. The van der Waals surface area contributed by atoms with Gasteiger partial charge in [-0.2, -0.15) is 4.31 Å². The van der Waals surface area contributed by atoms with E-state index >= 15 is 0 Å². The highest BCUT2D eigenvalue weighted by Crippen LogP contribution is 2.26. The van der Waals surface area contributed by atoms with Crippen LogP contribution in [0.3, 0.4) is 0 Å². The summed E-state index contributed by atoms with van der Waals surface area (Å²) >= 11 is 0. The number of piperazine rings is 1. The molecule has 0 N–H and O–H groups in total. The zero-order valence-corrected chi connectivity index (χ0v) is 15.5.